The van der Waals surface area contributed by atoms with E-state index in [9.17, 15) is 0 Å². The Kier molecular flexibility index (Phi) is 3.66. The molecule has 106 valence electrons. The Morgan fingerprint density at radius 3 is 2.55 bits per heavy atom. The van der Waals surface area contributed by atoms with Gasteiger partial charge in [0.15, 0.2) is 0 Å². The first-order valence-corrected chi connectivity index (χ1v) is 6.73. The van der Waals surface area contributed by atoms with Gasteiger partial charge in [-0.25, -0.2) is 4.98 Å². The number of nitrogens with two attached hydrogens (primary N) is 1. The molecule has 0 aliphatic rings. The second-order valence-corrected chi connectivity index (χ2v) is 6.38. The maximum absolute atomic E-state index is 7.77. The maximum atomic E-state index is 7.77. The second-order valence-electron chi connectivity index (χ2n) is 6.38. The number of pyridine rings is 1. The third-order valence-electron chi connectivity index (χ3n) is 3.10. The molecule has 20 heavy (non-hydrogen) atoms. The molecule has 0 saturated heterocycles. The minimum Gasteiger partial charge on any atom is -0.384 e. The molecule has 0 amide bonds. The largest absolute Gasteiger partial charge is 0.384 e. The number of hydrogen-bond acceptors (Lipinski definition) is 3. The van der Waals surface area contributed by atoms with E-state index >= 15 is 0 Å². The third-order valence-corrected chi connectivity index (χ3v) is 3.10. The van der Waals surface area contributed by atoms with Crippen LogP contribution >= 0.6 is 0 Å². The Bertz CT molecular complexity index is 640. The van der Waals surface area contributed by atoms with E-state index in [1.54, 1.807) is 0 Å². The van der Waals surface area contributed by atoms with Crippen LogP contribution in [0.3, 0.4) is 0 Å². The molecular formula is C16H22N4. The fourth-order valence-corrected chi connectivity index (χ4v) is 2.37. The van der Waals surface area contributed by atoms with Gasteiger partial charge in [0.2, 0.25) is 0 Å². The summed E-state index contributed by atoms with van der Waals surface area (Å²) in [5.74, 6) is 0.929. The van der Waals surface area contributed by atoms with Crippen LogP contribution in [0.5, 0.6) is 0 Å². The Labute approximate surface area is 120 Å². The summed E-state index contributed by atoms with van der Waals surface area (Å²) < 4.78 is 0. The fourth-order valence-electron chi connectivity index (χ4n) is 2.37. The van der Waals surface area contributed by atoms with Gasteiger partial charge in [-0.2, -0.15) is 0 Å². The summed E-state index contributed by atoms with van der Waals surface area (Å²) in [6, 6.07) is 9.70. The van der Waals surface area contributed by atoms with Crippen LogP contribution < -0.4 is 10.6 Å². The Morgan fingerprint density at radius 1 is 1.30 bits per heavy atom. The molecule has 0 radical (unpaired) electrons. The van der Waals surface area contributed by atoms with Gasteiger partial charge in [-0.05, 0) is 17.5 Å². The quantitative estimate of drug-likeness (QED) is 0.665. The standard InChI is InChI=1S/C16H22N4/c1-16(2,3)10-20(4)14-9-12(15(17)18)11-7-5-6-8-13(11)19-14/h5-9H,10H2,1-4H3,(H3,17,18). The Hall–Kier alpha value is -2.10. The molecule has 0 fully saturated rings. The number of benzene rings is 1. The van der Waals surface area contributed by atoms with E-state index in [4.69, 9.17) is 11.1 Å². The molecule has 0 unspecified atom stereocenters. The van der Waals surface area contributed by atoms with Crippen LogP contribution in [0.2, 0.25) is 0 Å². The van der Waals surface area contributed by atoms with E-state index < -0.39 is 0 Å². The molecule has 1 heterocycles. The molecule has 0 aliphatic carbocycles. The predicted molar refractivity (Wildman–Crippen MR) is 85.5 cm³/mol. The SMILES string of the molecule is CN(CC(C)(C)C)c1cc(C(=N)N)c2ccccc2n1. The van der Waals surface area contributed by atoms with Crippen LogP contribution in [-0.4, -0.2) is 24.4 Å². The number of nitrogens with zero attached hydrogens (tertiary/aromatic N) is 2. The number of anilines is 1. The summed E-state index contributed by atoms with van der Waals surface area (Å²) >= 11 is 0. The first-order chi connectivity index (χ1) is 9.28. The second kappa shape index (κ2) is 5.12. The highest BCUT2D eigenvalue weighted by atomic mass is 15.2. The van der Waals surface area contributed by atoms with Crippen molar-refractivity contribution in [2.45, 2.75) is 20.8 Å². The van der Waals surface area contributed by atoms with Crippen molar-refractivity contribution in [1.82, 2.24) is 4.98 Å². The molecule has 3 N–H and O–H groups in total. The van der Waals surface area contributed by atoms with Gasteiger partial charge in [0, 0.05) is 24.5 Å². The number of fused-ring (bicyclic) bond motifs is 1. The molecule has 1 aromatic carbocycles. The van der Waals surface area contributed by atoms with Gasteiger partial charge in [-0.15, -0.1) is 0 Å². The van der Waals surface area contributed by atoms with E-state index in [1.165, 1.54) is 0 Å². The molecule has 2 rings (SSSR count). The zero-order valence-corrected chi connectivity index (χ0v) is 12.6. The summed E-state index contributed by atoms with van der Waals surface area (Å²) in [6.07, 6.45) is 0. The number of hydrogen-bond donors (Lipinski definition) is 2. The summed E-state index contributed by atoms with van der Waals surface area (Å²) in [5, 5.41) is 8.69. The van der Waals surface area contributed by atoms with Crippen molar-refractivity contribution in [3.05, 3.63) is 35.9 Å². The number of aromatic nitrogens is 1. The van der Waals surface area contributed by atoms with Gasteiger partial charge in [-0.1, -0.05) is 39.0 Å². The molecule has 4 nitrogen and oxygen atoms in total. The highest BCUT2D eigenvalue weighted by Gasteiger charge is 2.16. The molecule has 0 atom stereocenters. The highest BCUT2D eigenvalue weighted by molar-refractivity contribution is 6.07. The lowest BCUT2D eigenvalue weighted by molar-refractivity contribution is 0.418. The number of nitrogens with one attached hydrogen (secondary N) is 1. The summed E-state index contributed by atoms with van der Waals surface area (Å²) in [7, 11) is 2.02. The number of para-hydroxylation sites is 1. The first kappa shape index (κ1) is 14.3. The van der Waals surface area contributed by atoms with Crippen LogP contribution in [0.15, 0.2) is 30.3 Å². The first-order valence-electron chi connectivity index (χ1n) is 6.73. The smallest absolute Gasteiger partial charge is 0.129 e. The third kappa shape index (κ3) is 3.07. The van der Waals surface area contributed by atoms with Crippen LogP contribution in [0, 0.1) is 10.8 Å². The van der Waals surface area contributed by atoms with Crippen LogP contribution in [0.25, 0.3) is 10.9 Å². The normalized spacial score (nSPS) is 11.6. The van der Waals surface area contributed by atoms with E-state index in [1.807, 2.05) is 37.4 Å². The average Bonchev–Trinajstić information content (AvgIpc) is 2.35. The van der Waals surface area contributed by atoms with Crippen molar-refractivity contribution >= 4 is 22.6 Å². The van der Waals surface area contributed by atoms with Gasteiger partial charge >= 0.3 is 0 Å². The predicted octanol–water partition coefficient (Wildman–Crippen LogP) is 3.00. The molecule has 0 bridgehead atoms. The number of amidine groups is 1. The molecule has 0 saturated carbocycles. The molecule has 0 aliphatic heterocycles. The molecule has 0 spiro atoms. The molecule has 2 aromatic rings. The highest BCUT2D eigenvalue weighted by Crippen LogP contribution is 2.24. The van der Waals surface area contributed by atoms with Gasteiger partial charge in [0.25, 0.3) is 0 Å². The van der Waals surface area contributed by atoms with Crippen molar-refractivity contribution in [2.75, 3.05) is 18.5 Å². The minimum atomic E-state index is 0.0778. The van der Waals surface area contributed by atoms with Crippen molar-refractivity contribution in [3.63, 3.8) is 0 Å². The topological polar surface area (TPSA) is 66.0 Å². The lowest BCUT2D eigenvalue weighted by atomic mass is 9.96. The summed E-state index contributed by atoms with van der Waals surface area (Å²) in [6.45, 7) is 7.46. The molecule has 4 heteroatoms. The van der Waals surface area contributed by atoms with Crippen molar-refractivity contribution in [3.8, 4) is 0 Å². The number of nitrogen functional groups attached to an aromatic ring is 1. The van der Waals surface area contributed by atoms with E-state index in [0.717, 1.165) is 28.8 Å². The zero-order chi connectivity index (χ0) is 14.9. The van der Waals surface area contributed by atoms with Gasteiger partial charge in [0.1, 0.15) is 11.7 Å². The minimum absolute atomic E-state index is 0.0778. The molecule has 1 aromatic heterocycles. The number of rotatable bonds is 3. The van der Waals surface area contributed by atoms with Crippen molar-refractivity contribution in [2.24, 2.45) is 11.1 Å². The van der Waals surface area contributed by atoms with Gasteiger partial charge < -0.3 is 10.6 Å². The zero-order valence-electron chi connectivity index (χ0n) is 12.6. The van der Waals surface area contributed by atoms with Crippen LogP contribution in [0.1, 0.15) is 26.3 Å². The van der Waals surface area contributed by atoms with E-state index in [0.29, 0.717) is 0 Å². The van der Waals surface area contributed by atoms with Crippen molar-refractivity contribution < 1.29 is 0 Å². The van der Waals surface area contributed by atoms with Crippen LogP contribution in [0.4, 0.5) is 5.82 Å². The maximum Gasteiger partial charge on any atom is 0.129 e. The fraction of sp³-hybridized carbons (Fsp3) is 0.375. The van der Waals surface area contributed by atoms with E-state index in [-0.39, 0.29) is 11.3 Å². The average molecular weight is 270 g/mol. The molecular weight excluding hydrogens is 248 g/mol. The monoisotopic (exact) mass is 270 g/mol. The lowest BCUT2D eigenvalue weighted by Crippen LogP contribution is -2.30. The summed E-state index contributed by atoms with van der Waals surface area (Å²) in [4.78, 5) is 6.79. The Balaban J connectivity index is 2.53. The van der Waals surface area contributed by atoms with Gasteiger partial charge in [0.05, 0.1) is 5.52 Å². The Morgan fingerprint density at radius 2 is 1.95 bits per heavy atom. The summed E-state index contributed by atoms with van der Waals surface area (Å²) in [5.41, 5.74) is 7.51. The van der Waals surface area contributed by atoms with Gasteiger partial charge in [-0.3, -0.25) is 5.41 Å². The van der Waals surface area contributed by atoms with Crippen LogP contribution in [-0.2, 0) is 0 Å². The van der Waals surface area contributed by atoms with E-state index in [2.05, 4.69) is 30.7 Å². The van der Waals surface area contributed by atoms with Crippen molar-refractivity contribution in [1.29, 1.82) is 5.41 Å². The lowest BCUT2D eigenvalue weighted by Gasteiger charge is -2.28.